The summed E-state index contributed by atoms with van der Waals surface area (Å²) in [5.74, 6) is 1.77. The number of unbranched alkanes of at least 4 members (excludes halogenated alkanes) is 2. The Morgan fingerprint density at radius 1 is 0.400 bits per heavy atom. The largest absolute Gasteiger partial charge is 0.494 e. The van der Waals surface area contributed by atoms with E-state index in [0.29, 0.717) is 39.6 Å². The minimum atomic E-state index is 0.599. The smallest absolute Gasteiger partial charge is 0.119 e. The van der Waals surface area contributed by atoms with Crippen molar-refractivity contribution in [3.05, 3.63) is 157 Å². The van der Waals surface area contributed by atoms with Gasteiger partial charge in [-0.2, -0.15) is 0 Å². The molecule has 0 radical (unpaired) electrons. The number of rotatable bonds is 22. The minimum Gasteiger partial charge on any atom is -0.494 e. The summed E-state index contributed by atoms with van der Waals surface area (Å²) >= 11 is 0. The lowest BCUT2D eigenvalue weighted by Crippen LogP contribution is -2.01. The maximum absolute atomic E-state index is 5.87. The molecule has 5 rings (SSSR count). The zero-order valence-corrected chi connectivity index (χ0v) is 28.8. The first-order valence-electron chi connectivity index (χ1n) is 17.3. The first kappa shape index (κ1) is 36.0. The van der Waals surface area contributed by atoms with Crippen molar-refractivity contribution in [3.63, 3.8) is 0 Å². The molecule has 0 aliphatic rings. The van der Waals surface area contributed by atoms with Crippen LogP contribution in [0, 0.1) is 0 Å². The summed E-state index contributed by atoms with van der Waals surface area (Å²) in [5, 5.41) is 6.95. The molecular weight excluding hydrogens is 620 g/mol. The SMILES string of the molecule is C=Cc1ccc(OCCCCOCc2ccc(Nc3ccc(Nc4ccc(COCCCCOc5ccc(C=C)cc5)cc4)cc3)cc2)cc1. The molecule has 0 spiro atoms. The minimum absolute atomic E-state index is 0.599. The van der Waals surface area contributed by atoms with Crippen LogP contribution in [0.25, 0.3) is 12.2 Å². The zero-order chi connectivity index (χ0) is 34.6. The molecule has 2 N–H and O–H groups in total. The third-order valence-electron chi connectivity index (χ3n) is 8.04. The van der Waals surface area contributed by atoms with Crippen LogP contribution in [0.1, 0.15) is 47.9 Å². The first-order valence-corrected chi connectivity index (χ1v) is 17.3. The van der Waals surface area contributed by atoms with Gasteiger partial charge in [0.2, 0.25) is 0 Å². The van der Waals surface area contributed by atoms with E-state index in [9.17, 15) is 0 Å². The van der Waals surface area contributed by atoms with Gasteiger partial charge in [0.1, 0.15) is 11.5 Å². The van der Waals surface area contributed by atoms with Gasteiger partial charge in [-0.05, 0) is 121 Å². The molecule has 258 valence electrons. The molecule has 0 amide bonds. The van der Waals surface area contributed by atoms with E-state index in [1.165, 1.54) is 0 Å². The van der Waals surface area contributed by atoms with Crippen molar-refractivity contribution in [2.45, 2.75) is 38.9 Å². The van der Waals surface area contributed by atoms with Gasteiger partial charge < -0.3 is 29.6 Å². The second-order valence-corrected chi connectivity index (χ2v) is 12.0. The number of benzene rings is 5. The molecule has 0 aromatic heterocycles. The summed E-state index contributed by atoms with van der Waals surface area (Å²) in [4.78, 5) is 0. The molecule has 0 bridgehead atoms. The number of hydrogen-bond acceptors (Lipinski definition) is 6. The van der Waals surface area contributed by atoms with E-state index in [2.05, 4.69) is 96.6 Å². The zero-order valence-electron chi connectivity index (χ0n) is 28.8. The molecule has 5 aromatic carbocycles. The number of hydrogen-bond donors (Lipinski definition) is 2. The summed E-state index contributed by atoms with van der Waals surface area (Å²) < 4.78 is 23.3. The Morgan fingerprint density at radius 3 is 1.06 bits per heavy atom. The van der Waals surface area contributed by atoms with E-state index in [0.717, 1.165) is 82.2 Å². The van der Waals surface area contributed by atoms with Crippen LogP contribution in [0.2, 0.25) is 0 Å². The fourth-order valence-electron chi connectivity index (χ4n) is 5.11. The summed E-state index contributed by atoms with van der Waals surface area (Å²) in [7, 11) is 0. The van der Waals surface area contributed by atoms with Crippen molar-refractivity contribution < 1.29 is 18.9 Å². The predicted molar refractivity (Wildman–Crippen MR) is 208 cm³/mol. The van der Waals surface area contributed by atoms with Gasteiger partial charge in [-0.25, -0.2) is 0 Å². The summed E-state index contributed by atoms with van der Waals surface area (Å²) in [6, 6.07) is 41.0. The highest BCUT2D eigenvalue weighted by Crippen LogP contribution is 2.23. The van der Waals surface area contributed by atoms with Gasteiger partial charge in [-0.1, -0.05) is 73.8 Å². The highest BCUT2D eigenvalue weighted by atomic mass is 16.5. The number of ether oxygens (including phenoxy) is 4. The summed E-state index contributed by atoms with van der Waals surface area (Å²) in [5.41, 5.74) is 8.61. The fourth-order valence-corrected chi connectivity index (χ4v) is 5.11. The average Bonchev–Trinajstić information content (AvgIpc) is 3.16. The van der Waals surface area contributed by atoms with Crippen molar-refractivity contribution in [3.8, 4) is 11.5 Å². The maximum Gasteiger partial charge on any atom is 0.119 e. The van der Waals surface area contributed by atoms with Crippen molar-refractivity contribution in [1.29, 1.82) is 0 Å². The van der Waals surface area contributed by atoms with E-state index in [4.69, 9.17) is 18.9 Å². The van der Waals surface area contributed by atoms with E-state index < -0.39 is 0 Å². The van der Waals surface area contributed by atoms with Crippen LogP contribution in [0.5, 0.6) is 11.5 Å². The molecule has 0 atom stereocenters. The summed E-state index contributed by atoms with van der Waals surface area (Å²) in [6.45, 7) is 11.5. The Labute approximate surface area is 297 Å². The maximum atomic E-state index is 5.87. The third-order valence-corrected chi connectivity index (χ3v) is 8.04. The lowest BCUT2D eigenvalue weighted by atomic mass is 10.2. The fraction of sp³-hybridized carbons (Fsp3) is 0.227. The van der Waals surface area contributed by atoms with E-state index in [1.807, 2.05) is 60.7 Å². The molecule has 0 saturated heterocycles. The Kier molecular flexibility index (Phi) is 14.6. The van der Waals surface area contributed by atoms with Crippen LogP contribution in [-0.4, -0.2) is 26.4 Å². The van der Waals surface area contributed by atoms with Gasteiger partial charge in [0.05, 0.1) is 26.4 Å². The Balaban J connectivity index is 0.916. The molecule has 0 fully saturated rings. The van der Waals surface area contributed by atoms with Crippen LogP contribution >= 0.6 is 0 Å². The van der Waals surface area contributed by atoms with Crippen molar-refractivity contribution >= 4 is 34.9 Å². The van der Waals surface area contributed by atoms with Crippen LogP contribution in [0.3, 0.4) is 0 Å². The van der Waals surface area contributed by atoms with Crippen molar-refractivity contribution in [2.75, 3.05) is 37.1 Å². The second-order valence-electron chi connectivity index (χ2n) is 12.0. The van der Waals surface area contributed by atoms with Gasteiger partial charge >= 0.3 is 0 Å². The standard InChI is InChI=1S/C44H48N2O4/c1-3-35-13-25-43(26-14-35)49-31-7-5-29-47-33-37-9-17-39(18-10-37)45-41-21-23-42(24-22-41)46-40-19-11-38(12-20-40)34-48-30-6-8-32-50-44-27-15-36(4-2)16-28-44/h3-4,9-28,45-46H,1-2,5-8,29-34H2. The highest BCUT2D eigenvalue weighted by molar-refractivity contribution is 5.66. The molecule has 0 unspecified atom stereocenters. The molecular formula is C44H48N2O4. The molecule has 5 aromatic rings. The number of nitrogens with one attached hydrogen (secondary N) is 2. The second kappa shape index (κ2) is 20.3. The van der Waals surface area contributed by atoms with Gasteiger partial charge in [-0.15, -0.1) is 0 Å². The third kappa shape index (κ3) is 12.6. The van der Waals surface area contributed by atoms with Crippen LogP contribution in [0.4, 0.5) is 22.7 Å². The molecule has 6 heteroatoms. The highest BCUT2D eigenvalue weighted by Gasteiger charge is 2.02. The predicted octanol–water partition coefficient (Wildman–Crippen LogP) is 11.2. The lowest BCUT2D eigenvalue weighted by Gasteiger charge is -2.11. The van der Waals surface area contributed by atoms with E-state index in [-0.39, 0.29) is 0 Å². The molecule has 50 heavy (non-hydrogen) atoms. The van der Waals surface area contributed by atoms with Crippen LogP contribution in [-0.2, 0) is 22.7 Å². The number of anilines is 4. The molecule has 0 aliphatic carbocycles. The van der Waals surface area contributed by atoms with Crippen LogP contribution < -0.4 is 20.1 Å². The Bertz CT molecular complexity index is 1570. The molecule has 0 saturated carbocycles. The Morgan fingerprint density at radius 2 is 0.720 bits per heavy atom. The van der Waals surface area contributed by atoms with Crippen molar-refractivity contribution in [2.24, 2.45) is 0 Å². The molecule has 6 nitrogen and oxygen atoms in total. The van der Waals surface area contributed by atoms with E-state index in [1.54, 1.807) is 0 Å². The first-order chi connectivity index (χ1) is 24.7. The van der Waals surface area contributed by atoms with Gasteiger partial charge in [0, 0.05) is 36.0 Å². The Hall–Kier alpha value is -5.30. The van der Waals surface area contributed by atoms with Gasteiger partial charge in [0.15, 0.2) is 0 Å². The van der Waals surface area contributed by atoms with Gasteiger partial charge in [0.25, 0.3) is 0 Å². The van der Waals surface area contributed by atoms with Crippen LogP contribution in [0.15, 0.2) is 134 Å². The average molecular weight is 669 g/mol. The lowest BCUT2D eigenvalue weighted by molar-refractivity contribution is 0.113. The molecule has 0 heterocycles. The molecule has 0 aliphatic heterocycles. The monoisotopic (exact) mass is 668 g/mol. The summed E-state index contributed by atoms with van der Waals surface area (Å²) in [6.07, 6.45) is 7.48. The van der Waals surface area contributed by atoms with Gasteiger partial charge in [-0.3, -0.25) is 0 Å². The topological polar surface area (TPSA) is 61.0 Å². The van der Waals surface area contributed by atoms with Crippen molar-refractivity contribution in [1.82, 2.24) is 0 Å². The van der Waals surface area contributed by atoms with E-state index >= 15 is 0 Å². The normalized spacial score (nSPS) is 10.7. The quantitative estimate of drug-likeness (QED) is 0.0716.